The van der Waals surface area contributed by atoms with Crippen LogP contribution in [0.3, 0.4) is 0 Å². The number of aromatic carboxylic acids is 1. The second kappa shape index (κ2) is 9.30. The van der Waals surface area contributed by atoms with Gasteiger partial charge < -0.3 is 19.7 Å². The molecule has 10 heteroatoms. The molecule has 1 saturated carbocycles. The number of carbonyl (C=O) groups is 2. The summed E-state index contributed by atoms with van der Waals surface area (Å²) in [5.74, 6) is -2.47. The van der Waals surface area contributed by atoms with E-state index in [0.717, 1.165) is 44.5 Å². The Balaban J connectivity index is 1.53. The molecule has 2 aliphatic rings. The number of hydrogen-bond acceptors (Lipinski definition) is 6. The van der Waals surface area contributed by atoms with Gasteiger partial charge in [0.25, 0.3) is 5.91 Å². The Bertz CT molecular complexity index is 1040. The Morgan fingerprint density at radius 3 is 2.33 bits per heavy atom. The number of halogens is 1. The lowest BCUT2D eigenvalue weighted by molar-refractivity contribution is -0.132. The van der Waals surface area contributed by atoms with E-state index >= 15 is 0 Å². The molecule has 0 aromatic heterocycles. The molecule has 4 N–H and O–H groups in total. The summed E-state index contributed by atoms with van der Waals surface area (Å²) in [6.45, 7) is 1.70. The van der Waals surface area contributed by atoms with E-state index in [4.69, 9.17) is 9.84 Å². The Kier molecular flexibility index (Phi) is 6.62. The second-order valence-electron chi connectivity index (χ2n) is 8.65. The predicted octanol–water partition coefficient (Wildman–Crippen LogP) is 3.22. The molecule has 2 aromatic carbocycles. The number of ether oxygens (including phenoxy) is 1. The molecule has 176 valence electrons. The first-order chi connectivity index (χ1) is 15.8. The molecule has 4 rings (SSSR count). The molecule has 1 amide bonds. The summed E-state index contributed by atoms with van der Waals surface area (Å²) in [6.07, 6.45) is 3.42. The summed E-state index contributed by atoms with van der Waals surface area (Å²) < 4.78 is 31.8. The van der Waals surface area contributed by atoms with Crippen molar-refractivity contribution in [3.05, 3.63) is 53.8 Å². The summed E-state index contributed by atoms with van der Waals surface area (Å²) in [5.41, 5.74) is 1.21. The molecule has 0 bridgehead atoms. The first-order valence-corrected chi connectivity index (χ1v) is 11.8. The molecule has 33 heavy (non-hydrogen) atoms. The van der Waals surface area contributed by atoms with E-state index in [1.807, 2.05) is 0 Å². The van der Waals surface area contributed by atoms with E-state index in [1.165, 1.54) is 6.07 Å². The quantitative estimate of drug-likeness (QED) is 0.286. The van der Waals surface area contributed by atoms with Crippen molar-refractivity contribution in [2.45, 2.75) is 41.7 Å². The molecular weight excluding hydrogens is 451 g/mol. The van der Waals surface area contributed by atoms with Crippen LogP contribution >= 0.6 is 0 Å². The zero-order valence-electron chi connectivity index (χ0n) is 17.8. The highest BCUT2D eigenvalue weighted by Crippen LogP contribution is 2.54. The van der Waals surface area contributed by atoms with Gasteiger partial charge >= 0.3 is 5.97 Å². The Morgan fingerprint density at radius 2 is 1.73 bits per heavy atom. The fourth-order valence-corrected chi connectivity index (χ4v) is 6.67. The predicted molar refractivity (Wildman–Crippen MR) is 117 cm³/mol. The van der Waals surface area contributed by atoms with Gasteiger partial charge in [0.1, 0.15) is 17.3 Å². The van der Waals surface area contributed by atoms with Crippen molar-refractivity contribution in [1.29, 1.82) is 0 Å². The molecule has 2 atom stereocenters. The van der Waals surface area contributed by atoms with Crippen molar-refractivity contribution in [3.63, 3.8) is 0 Å². The molecule has 0 radical (unpaired) electrons. The molecule has 2 aromatic rings. The Morgan fingerprint density at radius 1 is 1.06 bits per heavy atom. The molecule has 8 nitrogen and oxygen atoms in total. The maximum Gasteiger partial charge on any atom is 0.338 e. The lowest BCUT2D eigenvalue weighted by Crippen LogP contribution is -2.51. The van der Waals surface area contributed by atoms with Crippen molar-refractivity contribution in [2.75, 3.05) is 13.1 Å². The summed E-state index contributed by atoms with van der Waals surface area (Å²) in [7, 11) is 0. The summed E-state index contributed by atoms with van der Waals surface area (Å²) in [5, 5.41) is 21.6. The maximum absolute atomic E-state index is 13.9. The zero-order chi connectivity index (χ0) is 23.6. The molecule has 1 aliphatic carbocycles. The summed E-state index contributed by atoms with van der Waals surface area (Å²) in [6, 6.07) is 9.69. The van der Waals surface area contributed by atoms with Crippen LogP contribution in [0, 0.1) is 11.2 Å². The van der Waals surface area contributed by atoms with Crippen LogP contribution in [0.1, 0.15) is 42.5 Å². The zero-order valence-corrected chi connectivity index (χ0v) is 18.6. The van der Waals surface area contributed by atoms with Gasteiger partial charge in [-0.25, -0.2) is 14.7 Å². The van der Waals surface area contributed by atoms with Crippen LogP contribution in [0.4, 0.5) is 4.39 Å². The largest absolute Gasteiger partial charge is 0.611 e. The molecule has 2 fully saturated rings. The lowest BCUT2D eigenvalue weighted by atomic mass is 9.77. The topological polar surface area (TPSA) is 131 Å². The van der Waals surface area contributed by atoms with E-state index < -0.39 is 39.2 Å². The number of nitrogens with one attached hydrogen (secondary N) is 2. The third-order valence-corrected chi connectivity index (χ3v) is 8.64. The van der Waals surface area contributed by atoms with Crippen molar-refractivity contribution >= 4 is 23.1 Å². The van der Waals surface area contributed by atoms with Gasteiger partial charge in [-0.2, -0.15) is 0 Å². The van der Waals surface area contributed by atoms with Gasteiger partial charge in [-0.05, 0) is 74.2 Å². The fourth-order valence-electron chi connectivity index (χ4n) is 4.90. The smallest absolute Gasteiger partial charge is 0.338 e. The molecular formula is C23H25FN2O6S. The van der Waals surface area contributed by atoms with E-state index in [9.17, 15) is 23.7 Å². The number of benzene rings is 2. The minimum absolute atomic E-state index is 0.0668. The van der Waals surface area contributed by atoms with Crippen molar-refractivity contribution in [1.82, 2.24) is 10.8 Å². The highest BCUT2D eigenvalue weighted by Gasteiger charge is 2.60. The van der Waals surface area contributed by atoms with Gasteiger partial charge in [0.05, 0.1) is 5.56 Å². The van der Waals surface area contributed by atoms with E-state index in [0.29, 0.717) is 23.5 Å². The third kappa shape index (κ3) is 4.56. The van der Waals surface area contributed by atoms with E-state index in [-0.39, 0.29) is 11.2 Å². The fraction of sp³-hybridized carbons (Fsp3) is 0.391. The van der Waals surface area contributed by atoms with Crippen molar-refractivity contribution in [3.8, 4) is 11.5 Å². The standard InChI is InChI=1S/C23H25FN2O6S/c24-19-13-16(3-6-18(19)20(27)28)32-15-1-4-17(5-2-15)33(31)23(21(29)26-30)8-7-22(14-23)9-11-25-12-10-22/h1-6,13,25,30H,7-12,14H2,(H,26,29)(H,27,28). The van der Waals surface area contributed by atoms with Gasteiger partial charge in [0.15, 0.2) is 4.90 Å². The first-order valence-electron chi connectivity index (χ1n) is 10.7. The summed E-state index contributed by atoms with van der Waals surface area (Å²) >= 11 is -1.72. The van der Waals surface area contributed by atoms with Gasteiger partial charge in [-0.3, -0.25) is 10.0 Å². The van der Waals surface area contributed by atoms with Crippen molar-refractivity contribution < 1.29 is 33.6 Å². The Labute approximate surface area is 193 Å². The van der Waals surface area contributed by atoms with E-state index in [1.54, 1.807) is 29.7 Å². The monoisotopic (exact) mass is 476 g/mol. The number of carbonyl (C=O) groups excluding carboxylic acids is 1. The van der Waals surface area contributed by atoms with Crippen LogP contribution in [-0.2, 0) is 16.0 Å². The van der Waals surface area contributed by atoms with Gasteiger partial charge in [0, 0.05) is 30.1 Å². The van der Waals surface area contributed by atoms with Crippen LogP contribution in [0.25, 0.3) is 0 Å². The highest BCUT2D eigenvalue weighted by atomic mass is 32.2. The number of carboxylic acids is 1. The molecule has 1 heterocycles. The highest BCUT2D eigenvalue weighted by molar-refractivity contribution is 7.93. The number of carboxylic acid groups (broad SMARTS) is 1. The lowest BCUT2D eigenvalue weighted by Gasteiger charge is -2.36. The Hall–Kier alpha value is -2.66. The van der Waals surface area contributed by atoms with Gasteiger partial charge in [0.2, 0.25) is 4.75 Å². The SMILES string of the molecule is O=C(O)c1ccc(Oc2ccc([S+]([O-])C3(C(=O)NO)CCC4(CCNCC4)C3)cc2)cc1F. The number of hydrogen-bond donors (Lipinski definition) is 4. The van der Waals surface area contributed by atoms with Crippen LogP contribution in [0.5, 0.6) is 11.5 Å². The van der Waals surface area contributed by atoms with Gasteiger partial charge in [-0.1, -0.05) is 0 Å². The first kappa shape index (κ1) is 23.5. The van der Waals surface area contributed by atoms with Crippen molar-refractivity contribution in [2.24, 2.45) is 5.41 Å². The number of piperidine rings is 1. The average Bonchev–Trinajstić information content (AvgIpc) is 3.18. The summed E-state index contributed by atoms with van der Waals surface area (Å²) in [4.78, 5) is 24.1. The van der Waals surface area contributed by atoms with Crippen LogP contribution in [-0.4, -0.2) is 44.6 Å². The second-order valence-corrected chi connectivity index (χ2v) is 10.4. The third-order valence-electron chi connectivity index (χ3n) is 6.70. The van der Waals surface area contributed by atoms with E-state index in [2.05, 4.69) is 5.32 Å². The number of rotatable bonds is 6. The van der Waals surface area contributed by atoms with Gasteiger partial charge in [-0.15, -0.1) is 0 Å². The molecule has 2 unspecified atom stereocenters. The molecule has 1 spiro atoms. The van der Waals surface area contributed by atoms with Crippen LogP contribution in [0.15, 0.2) is 47.4 Å². The normalized spacial score (nSPS) is 22.6. The van der Waals surface area contributed by atoms with Crippen LogP contribution in [0.2, 0.25) is 0 Å². The number of amides is 1. The van der Waals surface area contributed by atoms with Crippen LogP contribution < -0.4 is 15.5 Å². The minimum atomic E-state index is -1.72. The minimum Gasteiger partial charge on any atom is -0.611 e. The molecule has 1 aliphatic heterocycles. The maximum atomic E-state index is 13.9. The average molecular weight is 477 g/mol. The molecule has 1 saturated heterocycles. The number of hydroxylamine groups is 1.